The number of hydrogen-bond acceptors (Lipinski definition) is 5. The van der Waals surface area contributed by atoms with Gasteiger partial charge in [0, 0.05) is 30.8 Å². The third kappa shape index (κ3) is 4.09. The minimum atomic E-state index is -1.21. The quantitative estimate of drug-likeness (QED) is 0.562. The monoisotopic (exact) mass is 462 g/mol. The number of amides is 2. The number of thiophene rings is 1. The molecule has 8 heteroatoms. The Hall–Kier alpha value is -3.65. The van der Waals surface area contributed by atoms with Gasteiger partial charge in [-0.1, -0.05) is 42.5 Å². The Bertz CT molecular complexity index is 1230. The number of Topliss-reactive ketones (excluding diaryl/α,β-unsaturated/α-hetero) is 1. The summed E-state index contributed by atoms with van der Waals surface area (Å²) in [4.78, 5) is 39.9. The molecule has 2 N–H and O–H groups in total. The van der Waals surface area contributed by atoms with Gasteiger partial charge in [0.25, 0.3) is 5.91 Å². The van der Waals surface area contributed by atoms with Gasteiger partial charge in [0.15, 0.2) is 5.78 Å². The van der Waals surface area contributed by atoms with Crippen LogP contribution in [0.3, 0.4) is 0 Å². The average Bonchev–Trinajstić information content (AvgIpc) is 3.23. The maximum Gasteiger partial charge on any atom is 0.409 e. The van der Waals surface area contributed by atoms with Crippen molar-refractivity contribution in [2.75, 3.05) is 18.4 Å². The van der Waals surface area contributed by atoms with Crippen LogP contribution in [0.25, 0.3) is 10.4 Å². The van der Waals surface area contributed by atoms with Crippen LogP contribution in [-0.4, -0.2) is 46.5 Å². The lowest BCUT2D eigenvalue weighted by Crippen LogP contribution is -2.52. The molecule has 2 amide bonds. The van der Waals surface area contributed by atoms with Gasteiger partial charge < -0.3 is 14.7 Å². The second-order valence-electron chi connectivity index (χ2n) is 8.32. The average molecular weight is 463 g/mol. The summed E-state index contributed by atoms with van der Waals surface area (Å²) in [7, 11) is 0. The fraction of sp³-hybridized carbons (Fsp3) is 0.240. The highest BCUT2D eigenvalue weighted by atomic mass is 32.1. The predicted octanol–water partition coefficient (Wildman–Crippen LogP) is 5.15. The number of ketones is 1. The molecule has 168 valence electrons. The summed E-state index contributed by atoms with van der Waals surface area (Å²) in [5, 5.41) is 11.9. The highest BCUT2D eigenvalue weighted by Gasteiger charge is 2.44. The summed E-state index contributed by atoms with van der Waals surface area (Å²) in [5.41, 5.74) is 1.26. The van der Waals surface area contributed by atoms with E-state index in [9.17, 15) is 19.5 Å². The summed E-state index contributed by atoms with van der Waals surface area (Å²) in [5.74, 6) is 0.441. The molecule has 33 heavy (non-hydrogen) atoms. The highest BCUT2D eigenvalue weighted by Crippen LogP contribution is 2.41. The smallest absolute Gasteiger partial charge is 0.409 e. The lowest BCUT2D eigenvalue weighted by molar-refractivity contribution is -0.00566. The predicted molar refractivity (Wildman–Crippen MR) is 125 cm³/mol. The molecule has 1 spiro atoms. The molecule has 2 aromatic carbocycles. The highest BCUT2D eigenvalue weighted by molar-refractivity contribution is 7.20. The normalized spacial score (nSPS) is 16.7. The first-order valence-corrected chi connectivity index (χ1v) is 11.6. The van der Waals surface area contributed by atoms with E-state index >= 15 is 0 Å². The van der Waals surface area contributed by atoms with E-state index < -0.39 is 11.7 Å². The summed E-state index contributed by atoms with van der Waals surface area (Å²) in [6.07, 6.45) is 0.164. The van der Waals surface area contributed by atoms with Gasteiger partial charge in [-0.15, -0.1) is 11.3 Å². The molecule has 0 aliphatic carbocycles. The lowest BCUT2D eigenvalue weighted by Gasteiger charge is -2.43. The van der Waals surface area contributed by atoms with E-state index in [0.717, 1.165) is 10.4 Å². The number of carbonyl (C=O) groups excluding carboxylic acids is 2. The number of para-hydroxylation sites is 1. The molecular weight excluding hydrogens is 440 g/mol. The SMILES string of the molecule is O=C(O)Nc1sc(-c2ccccc2)cc1C(=O)N1CCC2(CC1)CC(=O)c1ccccc1O2. The van der Waals surface area contributed by atoms with Gasteiger partial charge in [0.05, 0.1) is 17.5 Å². The van der Waals surface area contributed by atoms with E-state index in [1.54, 1.807) is 17.0 Å². The lowest BCUT2D eigenvalue weighted by atomic mass is 9.82. The molecule has 1 aromatic heterocycles. The first kappa shape index (κ1) is 21.2. The molecule has 0 unspecified atom stereocenters. The zero-order valence-corrected chi connectivity index (χ0v) is 18.6. The second-order valence-corrected chi connectivity index (χ2v) is 9.38. The van der Waals surface area contributed by atoms with E-state index in [4.69, 9.17) is 4.74 Å². The number of rotatable bonds is 3. The van der Waals surface area contributed by atoms with Gasteiger partial charge in [-0.25, -0.2) is 4.79 Å². The van der Waals surface area contributed by atoms with Crippen molar-refractivity contribution in [2.24, 2.45) is 0 Å². The summed E-state index contributed by atoms with van der Waals surface area (Å²) in [6.45, 7) is 0.856. The van der Waals surface area contributed by atoms with Crippen molar-refractivity contribution in [3.8, 4) is 16.2 Å². The first-order valence-electron chi connectivity index (χ1n) is 10.7. The van der Waals surface area contributed by atoms with Gasteiger partial charge >= 0.3 is 6.09 Å². The molecule has 3 heterocycles. The molecule has 2 aliphatic rings. The number of carboxylic acid groups (broad SMARTS) is 1. The Kier molecular flexibility index (Phi) is 5.38. The minimum absolute atomic E-state index is 0.0647. The van der Waals surface area contributed by atoms with Crippen molar-refractivity contribution >= 4 is 34.1 Å². The van der Waals surface area contributed by atoms with E-state index in [0.29, 0.717) is 54.2 Å². The van der Waals surface area contributed by atoms with Gasteiger partial charge in [-0.3, -0.25) is 14.9 Å². The molecule has 7 nitrogen and oxygen atoms in total. The largest absolute Gasteiger partial charge is 0.486 e. The second kappa shape index (κ2) is 8.37. The van der Waals surface area contributed by atoms with Crippen LogP contribution < -0.4 is 10.1 Å². The van der Waals surface area contributed by atoms with Gasteiger partial charge in [-0.2, -0.15) is 0 Å². The number of nitrogens with zero attached hydrogens (tertiary/aromatic N) is 1. The van der Waals surface area contributed by atoms with Crippen LogP contribution in [-0.2, 0) is 0 Å². The van der Waals surface area contributed by atoms with Crippen LogP contribution in [0.15, 0.2) is 60.7 Å². The van der Waals surface area contributed by atoms with E-state index in [1.165, 1.54) is 11.3 Å². The number of hydrogen-bond donors (Lipinski definition) is 2. The molecular formula is C25H22N2O5S. The van der Waals surface area contributed by atoms with E-state index in [1.807, 2.05) is 48.5 Å². The number of fused-ring (bicyclic) bond motifs is 1. The molecule has 5 rings (SSSR count). The molecule has 2 aliphatic heterocycles. The van der Waals surface area contributed by atoms with Gasteiger partial charge in [0.1, 0.15) is 16.4 Å². The molecule has 0 bridgehead atoms. The van der Waals surface area contributed by atoms with Crippen molar-refractivity contribution in [3.05, 3.63) is 71.8 Å². The molecule has 1 saturated heterocycles. The van der Waals surface area contributed by atoms with Gasteiger partial charge in [-0.05, 0) is 23.8 Å². The Labute approximate surface area is 194 Å². The zero-order chi connectivity index (χ0) is 23.0. The van der Waals surface area contributed by atoms with E-state index in [2.05, 4.69) is 5.32 Å². The topological polar surface area (TPSA) is 95.9 Å². The Balaban J connectivity index is 1.36. The van der Waals surface area contributed by atoms with Crippen molar-refractivity contribution in [3.63, 3.8) is 0 Å². The Morgan fingerprint density at radius 3 is 2.45 bits per heavy atom. The molecule has 1 fully saturated rings. The van der Waals surface area contributed by atoms with Crippen molar-refractivity contribution in [2.45, 2.75) is 24.9 Å². The van der Waals surface area contributed by atoms with Crippen LogP contribution >= 0.6 is 11.3 Å². The standard InChI is InChI=1S/C25H22N2O5S/c28-19-15-25(32-20-9-5-4-8-17(19)20)10-12-27(13-11-25)23(29)18-14-21(16-6-2-1-3-7-16)33-22(18)26-24(30)31/h1-9,14,26H,10-13,15H2,(H,30,31). The fourth-order valence-electron chi connectivity index (χ4n) is 4.49. The molecule has 0 radical (unpaired) electrons. The number of ether oxygens (including phenoxy) is 1. The zero-order valence-electron chi connectivity index (χ0n) is 17.7. The fourth-order valence-corrected chi connectivity index (χ4v) is 5.54. The van der Waals surface area contributed by atoms with Crippen LogP contribution in [0.1, 0.15) is 40.0 Å². The number of benzene rings is 2. The first-order chi connectivity index (χ1) is 15.9. The van der Waals surface area contributed by atoms with Crippen LogP contribution in [0.2, 0.25) is 0 Å². The van der Waals surface area contributed by atoms with Gasteiger partial charge in [0.2, 0.25) is 0 Å². The van der Waals surface area contributed by atoms with Crippen molar-refractivity contribution in [1.29, 1.82) is 0 Å². The maximum atomic E-state index is 13.4. The van der Waals surface area contributed by atoms with E-state index in [-0.39, 0.29) is 11.7 Å². The number of piperidine rings is 1. The number of anilines is 1. The molecule has 3 aromatic rings. The maximum absolute atomic E-state index is 13.4. The third-order valence-electron chi connectivity index (χ3n) is 6.20. The number of nitrogens with one attached hydrogen (secondary N) is 1. The van der Waals surface area contributed by atoms with Crippen molar-refractivity contribution < 1.29 is 24.2 Å². The summed E-state index contributed by atoms with van der Waals surface area (Å²) < 4.78 is 6.26. The van der Waals surface area contributed by atoms with Crippen molar-refractivity contribution in [1.82, 2.24) is 4.90 Å². The number of likely N-dealkylation sites (tertiary alicyclic amines) is 1. The molecule has 0 atom stereocenters. The van der Waals surface area contributed by atoms with Crippen LogP contribution in [0.4, 0.5) is 9.80 Å². The third-order valence-corrected chi connectivity index (χ3v) is 7.30. The molecule has 0 saturated carbocycles. The summed E-state index contributed by atoms with van der Waals surface area (Å²) >= 11 is 1.24. The van der Waals surface area contributed by atoms with Crippen LogP contribution in [0.5, 0.6) is 5.75 Å². The Morgan fingerprint density at radius 1 is 1.03 bits per heavy atom. The Morgan fingerprint density at radius 2 is 1.73 bits per heavy atom. The number of carbonyl (C=O) groups is 3. The summed E-state index contributed by atoms with van der Waals surface area (Å²) in [6, 6.07) is 18.5. The van der Waals surface area contributed by atoms with Crippen LogP contribution in [0, 0.1) is 0 Å². The minimum Gasteiger partial charge on any atom is -0.486 e.